The number of hydrogen-bond donors (Lipinski definition) is 2. The minimum atomic E-state index is -0.634. The van der Waals surface area contributed by atoms with Gasteiger partial charge in [-0.15, -0.1) is 11.3 Å². The van der Waals surface area contributed by atoms with Crippen molar-refractivity contribution in [3.05, 3.63) is 21.9 Å². The molecule has 1 rings (SSSR count). The van der Waals surface area contributed by atoms with Crippen molar-refractivity contribution in [3.63, 3.8) is 0 Å². The minimum Gasteiger partial charge on any atom is -0.368 e. The maximum absolute atomic E-state index is 11.5. The summed E-state index contributed by atoms with van der Waals surface area (Å²) in [5.74, 6) is -0.791. The lowest BCUT2D eigenvalue weighted by Crippen LogP contribution is -2.41. The Balaban J connectivity index is 2.63. The summed E-state index contributed by atoms with van der Waals surface area (Å²) in [6.45, 7) is 3.46. The minimum absolute atomic E-state index is 0.255. The summed E-state index contributed by atoms with van der Waals surface area (Å²) in [5.41, 5.74) is 6.05. The Morgan fingerprint density at radius 2 is 2.21 bits per heavy atom. The molecule has 76 valence electrons. The van der Waals surface area contributed by atoms with Crippen LogP contribution in [0.2, 0.25) is 0 Å². The number of amides is 2. The van der Waals surface area contributed by atoms with Crippen molar-refractivity contribution < 1.29 is 9.59 Å². The second kappa shape index (κ2) is 4.23. The number of nitrogens with two attached hydrogens (primary N) is 1. The van der Waals surface area contributed by atoms with Crippen molar-refractivity contribution in [3.8, 4) is 0 Å². The standard InChI is InChI=1S/C9H12N2O2S/c1-5-3-7(14-4-5)9(13)11-6(2)8(10)12/h3-4,6H,1-2H3,(H2,10,12)(H,11,13). The Morgan fingerprint density at radius 1 is 1.57 bits per heavy atom. The van der Waals surface area contributed by atoms with Crippen molar-refractivity contribution in [1.29, 1.82) is 0 Å². The van der Waals surface area contributed by atoms with Gasteiger partial charge in [0.2, 0.25) is 5.91 Å². The monoisotopic (exact) mass is 212 g/mol. The van der Waals surface area contributed by atoms with E-state index in [4.69, 9.17) is 5.73 Å². The Labute approximate surface area is 86.1 Å². The van der Waals surface area contributed by atoms with Crippen LogP contribution in [0.5, 0.6) is 0 Å². The molecule has 14 heavy (non-hydrogen) atoms. The average molecular weight is 212 g/mol. The van der Waals surface area contributed by atoms with Gasteiger partial charge in [0.15, 0.2) is 0 Å². The van der Waals surface area contributed by atoms with Crippen LogP contribution >= 0.6 is 11.3 Å². The Hall–Kier alpha value is -1.36. The lowest BCUT2D eigenvalue weighted by Gasteiger charge is -2.08. The molecule has 0 aromatic carbocycles. The predicted octanol–water partition coefficient (Wildman–Crippen LogP) is 0.660. The third-order valence-electron chi connectivity index (χ3n) is 1.73. The molecule has 0 aliphatic heterocycles. The molecule has 1 unspecified atom stereocenters. The van der Waals surface area contributed by atoms with E-state index in [1.54, 1.807) is 13.0 Å². The van der Waals surface area contributed by atoms with Crippen molar-refractivity contribution in [1.82, 2.24) is 5.32 Å². The largest absolute Gasteiger partial charge is 0.368 e. The van der Waals surface area contributed by atoms with E-state index in [0.29, 0.717) is 4.88 Å². The normalized spacial score (nSPS) is 12.1. The van der Waals surface area contributed by atoms with E-state index in [9.17, 15) is 9.59 Å². The summed E-state index contributed by atoms with van der Waals surface area (Å²) in [7, 11) is 0. The Kier molecular flexibility index (Phi) is 3.24. The van der Waals surface area contributed by atoms with Crippen LogP contribution in [-0.2, 0) is 4.79 Å². The van der Waals surface area contributed by atoms with Gasteiger partial charge in [0.25, 0.3) is 5.91 Å². The van der Waals surface area contributed by atoms with E-state index in [-0.39, 0.29) is 5.91 Å². The van der Waals surface area contributed by atoms with Gasteiger partial charge in [-0.05, 0) is 30.9 Å². The van der Waals surface area contributed by atoms with Crippen molar-refractivity contribution in [2.75, 3.05) is 0 Å². The highest BCUT2D eigenvalue weighted by Crippen LogP contribution is 2.13. The lowest BCUT2D eigenvalue weighted by atomic mass is 10.3. The quantitative estimate of drug-likeness (QED) is 0.772. The summed E-state index contributed by atoms with van der Waals surface area (Å²) in [6.07, 6.45) is 0. The van der Waals surface area contributed by atoms with Crippen LogP contribution in [0.4, 0.5) is 0 Å². The van der Waals surface area contributed by atoms with Gasteiger partial charge in [-0.1, -0.05) is 0 Å². The van der Waals surface area contributed by atoms with Crippen molar-refractivity contribution >= 4 is 23.2 Å². The first-order valence-electron chi connectivity index (χ1n) is 4.16. The number of carbonyl (C=O) groups excluding carboxylic acids is 2. The van der Waals surface area contributed by atoms with Crippen LogP contribution in [-0.4, -0.2) is 17.9 Å². The summed E-state index contributed by atoms with van der Waals surface area (Å²) in [4.78, 5) is 22.7. The van der Waals surface area contributed by atoms with E-state index < -0.39 is 11.9 Å². The maximum Gasteiger partial charge on any atom is 0.261 e. The van der Waals surface area contributed by atoms with Crippen LogP contribution in [0.15, 0.2) is 11.4 Å². The highest BCUT2D eigenvalue weighted by molar-refractivity contribution is 7.12. The topological polar surface area (TPSA) is 72.2 Å². The highest BCUT2D eigenvalue weighted by Gasteiger charge is 2.14. The molecule has 0 aliphatic rings. The number of thiophene rings is 1. The number of aryl methyl sites for hydroxylation is 1. The van der Waals surface area contributed by atoms with Gasteiger partial charge in [0.05, 0.1) is 4.88 Å². The summed E-state index contributed by atoms with van der Waals surface area (Å²) in [6, 6.07) is 1.14. The summed E-state index contributed by atoms with van der Waals surface area (Å²) < 4.78 is 0. The van der Waals surface area contributed by atoms with Gasteiger partial charge in [0.1, 0.15) is 6.04 Å². The van der Waals surface area contributed by atoms with E-state index in [0.717, 1.165) is 5.56 Å². The van der Waals surface area contributed by atoms with Gasteiger partial charge >= 0.3 is 0 Å². The average Bonchev–Trinajstić information content (AvgIpc) is 2.51. The van der Waals surface area contributed by atoms with E-state index in [1.165, 1.54) is 11.3 Å². The molecule has 1 heterocycles. The number of rotatable bonds is 3. The van der Waals surface area contributed by atoms with Crippen LogP contribution in [0.3, 0.4) is 0 Å². The zero-order valence-electron chi connectivity index (χ0n) is 8.03. The van der Waals surface area contributed by atoms with Gasteiger partial charge in [0, 0.05) is 0 Å². The molecule has 2 amide bonds. The van der Waals surface area contributed by atoms with E-state index in [2.05, 4.69) is 5.32 Å². The van der Waals surface area contributed by atoms with Gasteiger partial charge in [-0.3, -0.25) is 9.59 Å². The second-order valence-corrected chi connectivity index (χ2v) is 4.00. The van der Waals surface area contributed by atoms with Crippen molar-refractivity contribution in [2.24, 2.45) is 5.73 Å². The fourth-order valence-electron chi connectivity index (χ4n) is 0.889. The number of nitrogens with one attached hydrogen (secondary N) is 1. The smallest absolute Gasteiger partial charge is 0.261 e. The van der Waals surface area contributed by atoms with E-state index >= 15 is 0 Å². The van der Waals surface area contributed by atoms with Gasteiger partial charge in [-0.25, -0.2) is 0 Å². The lowest BCUT2D eigenvalue weighted by molar-refractivity contribution is -0.119. The van der Waals surface area contributed by atoms with Crippen LogP contribution in [0.1, 0.15) is 22.2 Å². The fourth-order valence-corrected chi connectivity index (χ4v) is 1.69. The van der Waals surface area contributed by atoms with Gasteiger partial charge < -0.3 is 11.1 Å². The molecule has 0 radical (unpaired) electrons. The predicted molar refractivity (Wildman–Crippen MR) is 55.2 cm³/mol. The molecule has 0 saturated carbocycles. The molecule has 4 nitrogen and oxygen atoms in total. The molecular weight excluding hydrogens is 200 g/mol. The van der Waals surface area contributed by atoms with Crippen LogP contribution in [0, 0.1) is 6.92 Å². The number of primary amides is 1. The molecule has 0 bridgehead atoms. The third kappa shape index (κ3) is 2.56. The zero-order valence-corrected chi connectivity index (χ0v) is 8.85. The first-order valence-corrected chi connectivity index (χ1v) is 5.04. The van der Waals surface area contributed by atoms with E-state index in [1.807, 2.05) is 12.3 Å². The maximum atomic E-state index is 11.5. The SMILES string of the molecule is Cc1csc(C(=O)NC(C)C(N)=O)c1. The molecule has 0 fully saturated rings. The third-order valence-corrected chi connectivity index (χ3v) is 2.78. The first kappa shape index (κ1) is 10.7. The second-order valence-electron chi connectivity index (χ2n) is 3.09. The van der Waals surface area contributed by atoms with Crippen LogP contribution < -0.4 is 11.1 Å². The molecule has 1 aromatic heterocycles. The molecule has 0 aliphatic carbocycles. The summed E-state index contributed by atoms with van der Waals surface area (Å²) in [5, 5.41) is 4.38. The van der Waals surface area contributed by atoms with Crippen LogP contribution in [0.25, 0.3) is 0 Å². The highest BCUT2D eigenvalue weighted by atomic mass is 32.1. The molecule has 0 saturated heterocycles. The van der Waals surface area contributed by atoms with Crippen molar-refractivity contribution in [2.45, 2.75) is 19.9 Å². The molecular formula is C9H12N2O2S. The number of hydrogen-bond acceptors (Lipinski definition) is 3. The van der Waals surface area contributed by atoms with Gasteiger partial charge in [-0.2, -0.15) is 0 Å². The Morgan fingerprint density at radius 3 is 2.64 bits per heavy atom. The molecule has 5 heteroatoms. The molecule has 0 spiro atoms. The summed E-state index contributed by atoms with van der Waals surface area (Å²) >= 11 is 1.35. The molecule has 1 atom stereocenters. The fraction of sp³-hybridized carbons (Fsp3) is 0.333. The molecule has 1 aromatic rings. The number of carbonyl (C=O) groups is 2. The zero-order chi connectivity index (χ0) is 10.7. The first-order chi connectivity index (χ1) is 6.50. The Bertz CT molecular complexity index is 359. The molecule has 3 N–H and O–H groups in total.